The average molecular weight is 399 g/mol. The summed E-state index contributed by atoms with van der Waals surface area (Å²) in [6.45, 7) is 2.87. The molecule has 3 nitrogen and oxygen atoms in total. The molecule has 25 heavy (non-hydrogen) atoms. The molecule has 0 fully saturated rings. The molecule has 0 aliphatic heterocycles. The Morgan fingerprint density at radius 3 is 1.72 bits per heavy atom. The van der Waals surface area contributed by atoms with E-state index < -0.39 is 12.2 Å². The first-order chi connectivity index (χ1) is 11.9. The van der Waals surface area contributed by atoms with Crippen molar-refractivity contribution in [1.82, 2.24) is 0 Å². The summed E-state index contributed by atoms with van der Waals surface area (Å²) in [5, 5.41) is 19.9. The van der Waals surface area contributed by atoms with Gasteiger partial charge in [-0.25, -0.2) is 0 Å². The van der Waals surface area contributed by atoms with Gasteiger partial charge in [0.05, 0.1) is 32.1 Å². The summed E-state index contributed by atoms with van der Waals surface area (Å²) in [6, 6.07) is 0.302. The van der Waals surface area contributed by atoms with E-state index in [2.05, 4.69) is 21.0 Å². The molecule has 0 aliphatic rings. The lowest BCUT2D eigenvalue weighted by Gasteiger charge is -2.40. The molecule has 152 valence electrons. The topological polar surface area (TPSA) is 40.5 Å². The molecule has 0 amide bonds. The fraction of sp³-hybridized carbons (Fsp3) is 1.00. The maximum Gasteiger partial charge on any atom is 0.116 e. The van der Waals surface area contributed by atoms with E-state index in [9.17, 15) is 10.2 Å². The van der Waals surface area contributed by atoms with Crippen molar-refractivity contribution >= 4 is 23.2 Å². The highest BCUT2D eigenvalue weighted by Crippen LogP contribution is 2.22. The van der Waals surface area contributed by atoms with E-state index in [1.165, 1.54) is 57.8 Å². The predicted molar refractivity (Wildman–Crippen MR) is 111 cm³/mol. The Bertz CT molecular complexity index is 303. The minimum Gasteiger partial charge on any atom is -0.392 e. The van der Waals surface area contributed by atoms with Crippen LogP contribution in [-0.2, 0) is 0 Å². The zero-order valence-electron chi connectivity index (χ0n) is 16.7. The van der Waals surface area contributed by atoms with E-state index in [4.69, 9.17) is 23.2 Å². The number of aliphatic hydroxyl groups is 2. The van der Waals surface area contributed by atoms with Crippen molar-refractivity contribution in [1.29, 1.82) is 0 Å². The Balaban J connectivity index is 4.19. The Morgan fingerprint density at radius 1 is 0.760 bits per heavy atom. The van der Waals surface area contributed by atoms with Gasteiger partial charge in [-0.2, -0.15) is 0 Å². The molecule has 0 aromatic heterocycles. The number of halogens is 2. The van der Waals surface area contributed by atoms with Crippen molar-refractivity contribution in [3.8, 4) is 0 Å². The fourth-order valence-electron chi connectivity index (χ4n) is 3.56. The van der Waals surface area contributed by atoms with Gasteiger partial charge in [0.1, 0.15) is 12.6 Å². The summed E-state index contributed by atoms with van der Waals surface area (Å²) < 4.78 is 0.679. The number of nitrogens with zero attached hydrogens (tertiary/aromatic N) is 1. The Hall–Kier alpha value is 0.460. The van der Waals surface area contributed by atoms with Crippen LogP contribution in [0.3, 0.4) is 0 Å². The first-order valence-corrected chi connectivity index (χ1v) is 11.2. The highest BCUT2D eigenvalue weighted by Gasteiger charge is 2.31. The van der Waals surface area contributed by atoms with Crippen LogP contribution >= 0.6 is 23.2 Å². The summed E-state index contributed by atoms with van der Waals surface area (Å²) in [5.74, 6) is 0.525. The number of hydrogen-bond donors (Lipinski definition) is 2. The third kappa shape index (κ3) is 13.3. The van der Waals surface area contributed by atoms with Crippen LogP contribution < -0.4 is 0 Å². The standard InChI is InChI=1S/C20H42Cl2NO2/c1-4-5-6-7-8-9-10-11-12-13-18(14-19(24)15-21)23(2,3)17-20(25)16-22/h18-20,24-25H,4-17H2,1-3H3/q+1. The fourth-order valence-corrected chi connectivity index (χ4v) is 3.78. The van der Waals surface area contributed by atoms with E-state index in [-0.39, 0.29) is 11.8 Å². The normalized spacial score (nSPS) is 16.0. The predicted octanol–water partition coefficient (Wildman–Crippen LogP) is 4.94. The molecule has 0 aliphatic carbocycles. The van der Waals surface area contributed by atoms with Crippen LogP contribution in [0.5, 0.6) is 0 Å². The van der Waals surface area contributed by atoms with Gasteiger partial charge in [-0.05, 0) is 12.8 Å². The summed E-state index contributed by atoms with van der Waals surface area (Å²) in [5.41, 5.74) is 0. The molecule has 0 aromatic carbocycles. The smallest absolute Gasteiger partial charge is 0.116 e. The molecule has 0 spiro atoms. The quantitative estimate of drug-likeness (QED) is 0.207. The van der Waals surface area contributed by atoms with E-state index >= 15 is 0 Å². The first kappa shape index (κ1) is 25.5. The molecule has 3 atom stereocenters. The molecule has 0 radical (unpaired) electrons. The van der Waals surface area contributed by atoms with Crippen LogP contribution in [0.2, 0.25) is 0 Å². The molecule has 0 saturated heterocycles. The van der Waals surface area contributed by atoms with E-state index in [1.807, 2.05) is 0 Å². The van der Waals surface area contributed by atoms with Crippen LogP contribution in [0.4, 0.5) is 0 Å². The molecule has 0 aromatic rings. The molecule has 0 bridgehead atoms. The van der Waals surface area contributed by atoms with Crippen LogP contribution in [-0.4, -0.2) is 65.3 Å². The number of likely N-dealkylation sites (N-methyl/N-ethyl adjacent to an activating group) is 1. The van der Waals surface area contributed by atoms with E-state index in [0.29, 0.717) is 23.5 Å². The molecule has 0 rings (SSSR count). The maximum absolute atomic E-state index is 10.00. The Labute approximate surface area is 166 Å². The second-order valence-electron chi connectivity index (χ2n) is 8.08. The second kappa shape index (κ2) is 15.5. The summed E-state index contributed by atoms with van der Waals surface area (Å²) in [6.07, 6.45) is 12.6. The van der Waals surface area contributed by atoms with Gasteiger partial charge < -0.3 is 14.7 Å². The minimum atomic E-state index is -0.504. The Morgan fingerprint density at radius 2 is 1.24 bits per heavy atom. The van der Waals surface area contributed by atoms with Crippen molar-refractivity contribution in [2.24, 2.45) is 0 Å². The van der Waals surface area contributed by atoms with Crippen LogP contribution in [0.15, 0.2) is 0 Å². The average Bonchev–Trinajstić information content (AvgIpc) is 2.58. The molecular weight excluding hydrogens is 357 g/mol. The van der Waals surface area contributed by atoms with Crippen LogP contribution in [0, 0.1) is 0 Å². The number of unbranched alkanes of at least 4 members (excludes halogenated alkanes) is 8. The van der Waals surface area contributed by atoms with Crippen molar-refractivity contribution in [3.63, 3.8) is 0 Å². The highest BCUT2D eigenvalue weighted by atomic mass is 35.5. The third-order valence-electron chi connectivity index (χ3n) is 5.21. The maximum atomic E-state index is 10.00. The minimum absolute atomic E-state index is 0.254. The molecule has 3 unspecified atom stereocenters. The lowest BCUT2D eigenvalue weighted by molar-refractivity contribution is -0.918. The van der Waals surface area contributed by atoms with Gasteiger partial charge in [-0.3, -0.25) is 0 Å². The van der Waals surface area contributed by atoms with Crippen molar-refractivity contribution < 1.29 is 14.7 Å². The van der Waals surface area contributed by atoms with Gasteiger partial charge in [0, 0.05) is 12.3 Å². The van der Waals surface area contributed by atoms with Crippen LogP contribution in [0.25, 0.3) is 0 Å². The van der Waals surface area contributed by atoms with Crippen molar-refractivity contribution in [2.45, 2.75) is 95.8 Å². The SMILES string of the molecule is CCCCCCCCCCCC(CC(O)CCl)[N+](C)(C)CC(O)CCl. The zero-order valence-corrected chi connectivity index (χ0v) is 18.2. The Kier molecular flexibility index (Phi) is 15.8. The van der Waals surface area contributed by atoms with Gasteiger partial charge in [0.25, 0.3) is 0 Å². The van der Waals surface area contributed by atoms with Crippen molar-refractivity contribution in [3.05, 3.63) is 0 Å². The largest absolute Gasteiger partial charge is 0.392 e. The number of rotatable bonds is 17. The van der Waals surface area contributed by atoms with Gasteiger partial charge in [-0.1, -0.05) is 58.3 Å². The van der Waals surface area contributed by atoms with Gasteiger partial charge in [0.2, 0.25) is 0 Å². The number of aliphatic hydroxyl groups excluding tert-OH is 2. The number of alkyl halides is 2. The number of quaternary nitrogens is 1. The summed E-state index contributed by atoms with van der Waals surface area (Å²) in [4.78, 5) is 0. The lowest BCUT2D eigenvalue weighted by Crippen LogP contribution is -2.54. The third-order valence-corrected chi connectivity index (χ3v) is 5.92. The van der Waals surface area contributed by atoms with Crippen molar-refractivity contribution in [2.75, 3.05) is 32.4 Å². The summed E-state index contributed by atoms with van der Waals surface area (Å²) >= 11 is 11.6. The summed E-state index contributed by atoms with van der Waals surface area (Å²) in [7, 11) is 4.24. The molecular formula is C20H42Cl2NO2+. The highest BCUT2D eigenvalue weighted by molar-refractivity contribution is 6.18. The zero-order chi connectivity index (χ0) is 19.1. The molecule has 0 heterocycles. The van der Waals surface area contributed by atoms with Gasteiger partial charge >= 0.3 is 0 Å². The van der Waals surface area contributed by atoms with Crippen LogP contribution in [0.1, 0.15) is 77.6 Å². The molecule has 0 saturated carbocycles. The van der Waals surface area contributed by atoms with Gasteiger partial charge in [0.15, 0.2) is 0 Å². The second-order valence-corrected chi connectivity index (χ2v) is 8.70. The monoisotopic (exact) mass is 398 g/mol. The van der Waals surface area contributed by atoms with E-state index in [1.54, 1.807) is 0 Å². The molecule has 2 N–H and O–H groups in total. The lowest BCUT2D eigenvalue weighted by atomic mass is 9.98. The van der Waals surface area contributed by atoms with Gasteiger partial charge in [-0.15, -0.1) is 23.2 Å². The molecule has 5 heteroatoms. The van der Waals surface area contributed by atoms with E-state index in [0.717, 1.165) is 6.42 Å². The number of hydrogen-bond acceptors (Lipinski definition) is 2. The first-order valence-electron chi connectivity index (χ1n) is 10.2.